The third-order valence-corrected chi connectivity index (χ3v) is 3.17. The SMILES string of the molecule is CCN1C(=O)CC(N)C1c1cc(F)c(F)cc1F. The second kappa shape index (κ2) is 4.61. The van der Waals surface area contributed by atoms with Crippen molar-refractivity contribution >= 4 is 5.91 Å². The Balaban J connectivity index is 2.47. The number of likely N-dealkylation sites (tertiary alicyclic amines) is 1. The molecule has 1 aromatic carbocycles. The molecule has 0 saturated carbocycles. The van der Waals surface area contributed by atoms with Gasteiger partial charge in [0.2, 0.25) is 5.91 Å². The monoisotopic (exact) mass is 258 g/mol. The summed E-state index contributed by atoms with van der Waals surface area (Å²) in [6.07, 6.45) is 0.0803. The van der Waals surface area contributed by atoms with Gasteiger partial charge in [-0.15, -0.1) is 0 Å². The molecule has 3 nitrogen and oxygen atoms in total. The molecule has 2 unspecified atom stereocenters. The maximum Gasteiger partial charge on any atom is 0.224 e. The fourth-order valence-corrected chi connectivity index (χ4v) is 2.35. The summed E-state index contributed by atoms with van der Waals surface area (Å²) >= 11 is 0. The van der Waals surface area contributed by atoms with E-state index < -0.39 is 29.5 Å². The number of rotatable bonds is 2. The Morgan fingerprint density at radius 3 is 2.50 bits per heavy atom. The van der Waals surface area contributed by atoms with Crippen LogP contribution in [0.15, 0.2) is 12.1 Å². The zero-order valence-electron chi connectivity index (χ0n) is 9.79. The lowest BCUT2D eigenvalue weighted by atomic mass is 10.00. The lowest BCUT2D eigenvalue weighted by Crippen LogP contribution is -2.33. The number of likely N-dealkylation sites (N-methyl/N-ethyl adjacent to an activating group) is 1. The maximum atomic E-state index is 13.7. The van der Waals surface area contributed by atoms with Gasteiger partial charge in [-0.25, -0.2) is 13.2 Å². The average molecular weight is 258 g/mol. The summed E-state index contributed by atoms with van der Waals surface area (Å²) in [5.41, 5.74) is 5.70. The van der Waals surface area contributed by atoms with Gasteiger partial charge in [-0.2, -0.15) is 0 Å². The third-order valence-electron chi connectivity index (χ3n) is 3.17. The van der Waals surface area contributed by atoms with E-state index in [-0.39, 0.29) is 17.9 Å². The molecule has 2 N–H and O–H groups in total. The Bertz CT molecular complexity index is 492. The molecule has 1 fully saturated rings. The van der Waals surface area contributed by atoms with Crippen molar-refractivity contribution in [1.82, 2.24) is 4.90 Å². The molecule has 6 heteroatoms. The molecule has 2 atom stereocenters. The highest BCUT2D eigenvalue weighted by Gasteiger charge is 2.39. The smallest absolute Gasteiger partial charge is 0.224 e. The van der Waals surface area contributed by atoms with Gasteiger partial charge >= 0.3 is 0 Å². The summed E-state index contributed by atoms with van der Waals surface area (Å²) in [6.45, 7) is 2.07. The summed E-state index contributed by atoms with van der Waals surface area (Å²) in [7, 11) is 0. The number of benzene rings is 1. The van der Waals surface area contributed by atoms with Crippen LogP contribution in [0.25, 0.3) is 0 Å². The normalized spacial score (nSPS) is 23.8. The average Bonchev–Trinajstić information content (AvgIpc) is 2.58. The van der Waals surface area contributed by atoms with Crippen LogP contribution in [-0.4, -0.2) is 23.4 Å². The number of hydrogen-bond donors (Lipinski definition) is 1. The quantitative estimate of drug-likeness (QED) is 0.821. The molecule has 1 saturated heterocycles. The summed E-state index contributed by atoms with van der Waals surface area (Å²) in [4.78, 5) is 13.0. The van der Waals surface area contributed by atoms with E-state index >= 15 is 0 Å². The Hall–Kier alpha value is -1.56. The minimum Gasteiger partial charge on any atom is -0.334 e. The molecular formula is C12H13F3N2O. The van der Waals surface area contributed by atoms with Crippen molar-refractivity contribution in [3.05, 3.63) is 35.1 Å². The van der Waals surface area contributed by atoms with E-state index in [4.69, 9.17) is 5.73 Å². The third kappa shape index (κ3) is 1.96. The first-order chi connectivity index (χ1) is 8.45. The molecule has 0 spiro atoms. The molecule has 1 heterocycles. The van der Waals surface area contributed by atoms with E-state index in [0.717, 1.165) is 6.07 Å². The van der Waals surface area contributed by atoms with Crippen LogP contribution in [-0.2, 0) is 4.79 Å². The van der Waals surface area contributed by atoms with Gasteiger partial charge in [-0.3, -0.25) is 4.79 Å². The van der Waals surface area contributed by atoms with Gasteiger partial charge in [0.05, 0.1) is 6.04 Å². The lowest BCUT2D eigenvalue weighted by molar-refractivity contribution is -0.128. The standard InChI is InChI=1S/C12H13F3N2O/c1-2-17-11(18)5-10(16)12(17)6-3-8(14)9(15)4-7(6)13/h3-4,10,12H,2,5,16H2,1H3. The molecule has 0 radical (unpaired) electrons. The number of carbonyl (C=O) groups excluding carboxylic acids is 1. The predicted molar refractivity (Wildman–Crippen MR) is 59.0 cm³/mol. The van der Waals surface area contributed by atoms with Gasteiger partial charge in [0.25, 0.3) is 0 Å². The van der Waals surface area contributed by atoms with Crippen molar-refractivity contribution in [3.8, 4) is 0 Å². The zero-order chi connectivity index (χ0) is 13.4. The van der Waals surface area contributed by atoms with Crippen LogP contribution in [0.4, 0.5) is 13.2 Å². The number of hydrogen-bond acceptors (Lipinski definition) is 2. The van der Waals surface area contributed by atoms with E-state index in [1.165, 1.54) is 4.90 Å². The summed E-state index contributed by atoms with van der Waals surface area (Å²) in [5, 5.41) is 0. The summed E-state index contributed by atoms with van der Waals surface area (Å²) < 4.78 is 39.7. The van der Waals surface area contributed by atoms with Gasteiger partial charge < -0.3 is 10.6 Å². The molecule has 0 bridgehead atoms. The molecule has 1 aromatic rings. The minimum absolute atomic E-state index is 0.0749. The maximum absolute atomic E-state index is 13.7. The second-order valence-corrected chi connectivity index (χ2v) is 4.28. The largest absolute Gasteiger partial charge is 0.334 e. The van der Waals surface area contributed by atoms with Crippen LogP contribution < -0.4 is 5.73 Å². The number of nitrogens with zero attached hydrogens (tertiary/aromatic N) is 1. The van der Waals surface area contributed by atoms with Gasteiger partial charge in [-0.05, 0) is 13.0 Å². The lowest BCUT2D eigenvalue weighted by Gasteiger charge is -2.26. The number of amides is 1. The molecule has 1 aliphatic heterocycles. The van der Waals surface area contributed by atoms with Gasteiger partial charge in [-0.1, -0.05) is 0 Å². The van der Waals surface area contributed by atoms with Crippen LogP contribution >= 0.6 is 0 Å². The van der Waals surface area contributed by atoms with E-state index in [1.54, 1.807) is 6.92 Å². The van der Waals surface area contributed by atoms with E-state index in [1.807, 2.05) is 0 Å². The van der Waals surface area contributed by atoms with Gasteiger partial charge in [0.15, 0.2) is 11.6 Å². The molecule has 1 aliphatic rings. The first-order valence-corrected chi connectivity index (χ1v) is 5.65. The highest BCUT2D eigenvalue weighted by Crippen LogP contribution is 2.33. The molecule has 0 aliphatic carbocycles. The van der Waals surface area contributed by atoms with Crippen LogP contribution in [0.5, 0.6) is 0 Å². The fraction of sp³-hybridized carbons (Fsp3) is 0.417. The molecule has 18 heavy (non-hydrogen) atoms. The Morgan fingerprint density at radius 2 is 1.89 bits per heavy atom. The Morgan fingerprint density at radius 1 is 1.28 bits per heavy atom. The zero-order valence-corrected chi connectivity index (χ0v) is 9.79. The molecule has 1 amide bonds. The van der Waals surface area contributed by atoms with Crippen molar-refractivity contribution in [3.63, 3.8) is 0 Å². The van der Waals surface area contributed by atoms with Crippen molar-refractivity contribution in [2.75, 3.05) is 6.54 Å². The van der Waals surface area contributed by atoms with Crippen LogP contribution in [0.1, 0.15) is 24.9 Å². The van der Waals surface area contributed by atoms with Crippen LogP contribution in [0.3, 0.4) is 0 Å². The molecular weight excluding hydrogens is 245 g/mol. The number of nitrogens with two attached hydrogens (primary N) is 1. The first kappa shape index (κ1) is 12.9. The van der Waals surface area contributed by atoms with E-state index in [2.05, 4.69) is 0 Å². The van der Waals surface area contributed by atoms with Crippen molar-refractivity contribution in [1.29, 1.82) is 0 Å². The van der Waals surface area contributed by atoms with Crippen LogP contribution in [0.2, 0.25) is 0 Å². The number of halogens is 3. The minimum atomic E-state index is -1.25. The van der Waals surface area contributed by atoms with Crippen molar-refractivity contribution in [2.24, 2.45) is 5.73 Å². The first-order valence-electron chi connectivity index (χ1n) is 5.65. The Labute approximate surface area is 102 Å². The summed E-state index contributed by atoms with van der Waals surface area (Å²) in [6, 6.07) is -0.0980. The van der Waals surface area contributed by atoms with E-state index in [9.17, 15) is 18.0 Å². The fourth-order valence-electron chi connectivity index (χ4n) is 2.35. The molecule has 0 aromatic heterocycles. The summed E-state index contributed by atoms with van der Waals surface area (Å²) in [5.74, 6) is -3.49. The predicted octanol–water partition coefficient (Wildman–Crippen LogP) is 1.72. The van der Waals surface area contributed by atoms with Crippen LogP contribution in [0, 0.1) is 17.5 Å². The number of carbonyl (C=O) groups is 1. The van der Waals surface area contributed by atoms with Gasteiger partial charge in [0, 0.05) is 30.6 Å². The van der Waals surface area contributed by atoms with E-state index in [0.29, 0.717) is 12.6 Å². The van der Waals surface area contributed by atoms with Crippen molar-refractivity contribution in [2.45, 2.75) is 25.4 Å². The molecule has 2 rings (SSSR count). The van der Waals surface area contributed by atoms with Crippen molar-refractivity contribution < 1.29 is 18.0 Å². The Kier molecular flexibility index (Phi) is 3.30. The topological polar surface area (TPSA) is 46.3 Å². The second-order valence-electron chi connectivity index (χ2n) is 4.28. The molecule has 98 valence electrons. The van der Waals surface area contributed by atoms with Gasteiger partial charge in [0.1, 0.15) is 5.82 Å². The highest BCUT2D eigenvalue weighted by atomic mass is 19.2. The highest BCUT2D eigenvalue weighted by molar-refractivity contribution is 5.80.